The molecule has 0 unspecified atom stereocenters. The van der Waals surface area contributed by atoms with Crippen molar-refractivity contribution in [2.75, 3.05) is 7.11 Å². The highest BCUT2D eigenvalue weighted by molar-refractivity contribution is 9.10. The zero-order valence-electron chi connectivity index (χ0n) is 19.3. The van der Waals surface area contributed by atoms with Crippen LogP contribution >= 0.6 is 31.9 Å². The Hall–Kier alpha value is -3.04. The van der Waals surface area contributed by atoms with E-state index in [1.54, 1.807) is 43.7 Å². The van der Waals surface area contributed by atoms with Crippen LogP contribution in [0.15, 0.2) is 73.4 Å². The summed E-state index contributed by atoms with van der Waals surface area (Å²) in [6.45, 7) is 4.18. The number of methoxy groups -OCH3 is 1. The lowest BCUT2D eigenvalue weighted by atomic mass is 10.2. The molecule has 180 valence electrons. The minimum Gasteiger partial charge on any atom is -0.493 e. The van der Waals surface area contributed by atoms with Gasteiger partial charge in [-0.3, -0.25) is 4.79 Å². The first kappa shape index (κ1) is 25.1. The van der Waals surface area contributed by atoms with Gasteiger partial charge in [-0.1, -0.05) is 41.9 Å². The van der Waals surface area contributed by atoms with Gasteiger partial charge in [-0.2, -0.15) is 9.78 Å². The van der Waals surface area contributed by atoms with Gasteiger partial charge in [0.25, 0.3) is 5.56 Å². The second-order valence-corrected chi connectivity index (χ2v) is 9.86. The van der Waals surface area contributed by atoms with Crippen LogP contribution in [0.25, 0.3) is 10.9 Å². The molecule has 6 nitrogen and oxygen atoms in total. The van der Waals surface area contributed by atoms with Crippen molar-refractivity contribution in [1.29, 1.82) is 0 Å². The topological polar surface area (TPSA) is 65.7 Å². The minimum atomic E-state index is -0.299. The van der Waals surface area contributed by atoms with Gasteiger partial charge < -0.3 is 9.47 Å². The molecule has 0 radical (unpaired) electrons. The van der Waals surface area contributed by atoms with Crippen molar-refractivity contribution in [3.8, 4) is 11.5 Å². The molecule has 0 saturated heterocycles. The van der Waals surface area contributed by atoms with Crippen LogP contribution in [0, 0.1) is 5.82 Å². The average Bonchev–Trinajstić information content (AvgIpc) is 2.84. The first-order valence-corrected chi connectivity index (χ1v) is 12.4. The van der Waals surface area contributed by atoms with Crippen molar-refractivity contribution in [1.82, 2.24) is 9.66 Å². The molecule has 0 aliphatic heterocycles. The average molecular weight is 603 g/mol. The Morgan fingerprint density at radius 1 is 1.09 bits per heavy atom. The molecule has 0 saturated carbocycles. The molecule has 0 aliphatic rings. The predicted molar refractivity (Wildman–Crippen MR) is 142 cm³/mol. The van der Waals surface area contributed by atoms with Crippen molar-refractivity contribution < 1.29 is 13.9 Å². The second kappa shape index (κ2) is 10.7. The lowest BCUT2D eigenvalue weighted by Gasteiger charge is -2.14. The van der Waals surface area contributed by atoms with E-state index in [2.05, 4.69) is 41.9 Å². The molecule has 4 aromatic rings. The molecule has 0 aliphatic carbocycles. The summed E-state index contributed by atoms with van der Waals surface area (Å²) in [5.74, 6) is 1.25. The van der Waals surface area contributed by atoms with Gasteiger partial charge in [0.2, 0.25) is 0 Å². The van der Waals surface area contributed by atoms with Crippen LogP contribution in [-0.2, 0) is 6.61 Å². The maximum Gasteiger partial charge on any atom is 0.282 e. The fourth-order valence-corrected chi connectivity index (χ4v) is 4.22. The quantitative estimate of drug-likeness (QED) is 0.222. The molecular formula is C26H22Br2FN3O3. The van der Waals surface area contributed by atoms with E-state index in [4.69, 9.17) is 9.47 Å². The van der Waals surface area contributed by atoms with Crippen LogP contribution in [0.1, 0.15) is 36.7 Å². The molecule has 0 atom stereocenters. The Kier molecular flexibility index (Phi) is 7.66. The highest BCUT2D eigenvalue weighted by Crippen LogP contribution is 2.33. The van der Waals surface area contributed by atoms with E-state index in [9.17, 15) is 9.18 Å². The van der Waals surface area contributed by atoms with E-state index in [0.29, 0.717) is 38.3 Å². The zero-order chi connectivity index (χ0) is 25.1. The predicted octanol–water partition coefficient (Wildman–Crippen LogP) is 6.65. The maximum atomic E-state index is 13.2. The fraction of sp³-hybridized carbons (Fsp3) is 0.192. The normalized spacial score (nSPS) is 11.5. The minimum absolute atomic E-state index is 0.0203. The van der Waals surface area contributed by atoms with Crippen LogP contribution in [-0.4, -0.2) is 23.0 Å². The number of fused-ring (bicyclic) bond motifs is 1. The monoisotopic (exact) mass is 601 g/mol. The van der Waals surface area contributed by atoms with Crippen LogP contribution < -0.4 is 15.0 Å². The largest absolute Gasteiger partial charge is 0.493 e. The second-order valence-electron chi connectivity index (χ2n) is 8.09. The molecule has 1 heterocycles. The van der Waals surface area contributed by atoms with Crippen molar-refractivity contribution in [2.45, 2.75) is 26.4 Å². The standard InChI is InChI=1S/C26H22Br2FN3O3/c1-15(2)25-31-22-9-6-18(27)11-20(22)26(33)32(25)30-13-17-10-23(34-3)24(12-21(17)28)35-14-16-4-7-19(29)8-5-16/h4-13,15H,14H2,1-3H3. The summed E-state index contributed by atoms with van der Waals surface area (Å²) < 4.78 is 27.4. The number of ether oxygens (including phenoxy) is 2. The van der Waals surface area contributed by atoms with Crippen LogP contribution in [0.5, 0.6) is 11.5 Å². The van der Waals surface area contributed by atoms with E-state index in [1.807, 2.05) is 26.0 Å². The highest BCUT2D eigenvalue weighted by atomic mass is 79.9. The van der Waals surface area contributed by atoms with E-state index in [-0.39, 0.29) is 23.9 Å². The zero-order valence-corrected chi connectivity index (χ0v) is 22.4. The van der Waals surface area contributed by atoms with E-state index in [1.165, 1.54) is 16.8 Å². The third kappa shape index (κ3) is 5.62. The summed E-state index contributed by atoms with van der Waals surface area (Å²) >= 11 is 6.96. The van der Waals surface area contributed by atoms with Crippen LogP contribution in [0.3, 0.4) is 0 Å². The summed E-state index contributed by atoms with van der Waals surface area (Å²) in [6, 6.07) is 15.0. The van der Waals surface area contributed by atoms with Gasteiger partial charge in [0.05, 0.1) is 24.2 Å². The summed E-state index contributed by atoms with van der Waals surface area (Å²) in [5.41, 5.74) is 1.88. The number of hydrogen-bond acceptors (Lipinski definition) is 5. The van der Waals surface area contributed by atoms with E-state index >= 15 is 0 Å². The van der Waals surface area contributed by atoms with Crippen LogP contribution in [0.4, 0.5) is 4.39 Å². The number of rotatable bonds is 7. The highest BCUT2D eigenvalue weighted by Gasteiger charge is 2.15. The molecule has 35 heavy (non-hydrogen) atoms. The third-order valence-corrected chi connectivity index (χ3v) is 6.43. The molecule has 3 aromatic carbocycles. The van der Waals surface area contributed by atoms with Gasteiger partial charge in [-0.25, -0.2) is 9.37 Å². The Labute approximate surface area is 218 Å². The Morgan fingerprint density at radius 3 is 2.51 bits per heavy atom. The molecular weight excluding hydrogens is 581 g/mol. The van der Waals surface area contributed by atoms with Gasteiger partial charge in [0, 0.05) is 20.4 Å². The number of halogens is 3. The summed E-state index contributed by atoms with van der Waals surface area (Å²) in [7, 11) is 1.54. The van der Waals surface area contributed by atoms with Crippen molar-refractivity contribution in [3.05, 3.63) is 96.7 Å². The summed E-state index contributed by atoms with van der Waals surface area (Å²) in [4.78, 5) is 17.9. The Morgan fingerprint density at radius 2 is 1.83 bits per heavy atom. The van der Waals surface area contributed by atoms with Gasteiger partial charge in [-0.05, 0) is 64.0 Å². The number of hydrogen-bond donors (Lipinski definition) is 0. The van der Waals surface area contributed by atoms with Gasteiger partial charge in [0.15, 0.2) is 11.5 Å². The van der Waals surface area contributed by atoms with Crippen molar-refractivity contribution in [3.63, 3.8) is 0 Å². The first-order chi connectivity index (χ1) is 16.8. The fourth-order valence-electron chi connectivity index (χ4n) is 3.43. The molecule has 0 fully saturated rings. The number of aromatic nitrogens is 2. The van der Waals surface area contributed by atoms with Gasteiger partial charge in [0.1, 0.15) is 18.2 Å². The lowest BCUT2D eigenvalue weighted by molar-refractivity contribution is 0.284. The lowest BCUT2D eigenvalue weighted by Crippen LogP contribution is -2.23. The molecule has 0 N–H and O–H groups in total. The SMILES string of the molecule is COc1cc(C=Nn2c(C(C)C)nc3ccc(Br)cc3c2=O)c(Br)cc1OCc1ccc(F)cc1. The molecule has 4 rings (SSSR count). The number of benzene rings is 3. The number of nitrogens with zero attached hydrogens (tertiary/aromatic N) is 3. The van der Waals surface area contributed by atoms with Crippen molar-refractivity contribution >= 4 is 49.0 Å². The molecule has 9 heteroatoms. The molecule has 1 aromatic heterocycles. The Balaban J connectivity index is 1.68. The molecule has 0 amide bonds. The summed E-state index contributed by atoms with van der Waals surface area (Å²) in [5, 5.41) is 4.96. The summed E-state index contributed by atoms with van der Waals surface area (Å²) in [6.07, 6.45) is 1.58. The molecule has 0 spiro atoms. The van der Waals surface area contributed by atoms with E-state index in [0.717, 1.165) is 10.0 Å². The van der Waals surface area contributed by atoms with Gasteiger partial charge in [-0.15, -0.1) is 0 Å². The van der Waals surface area contributed by atoms with Gasteiger partial charge >= 0.3 is 0 Å². The maximum absolute atomic E-state index is 13.2. The van der Waals surface area contributed by atoms with Crippen molar-refractivity contribution in [2.24, 2.45) is 5.10 Å². The molecule has 0 bridgehead atoms. The third-order valence-electron chi connectivity index (χ3n) is 5.25. The van der Waals surface area contributed by atoms with E-state index < -0.39 is 0 Å². The smallest absolute Gasteiger partial charge is 0.282 e. The first-order valence-electron chi connectivity index (χ1n) is 10.8. The van der Waals surface area contributed by atoms with Crippen LogP contribution in [0.2, 0.25) is 0 Å². The Bertz CT molecular complexity index is 1470.